The van der Waals surface area contributed by atoms with Gasteiger partial charge in [-0.2, -0.15) is 0 Å². The van der Waals surface area contributed by atoms with Crippen molar-refractivity contribution in [2.45, 2.75) is 77.0 Å². The average molecular weight is 282 g/mol. The van der Waals surface area contributed by atoms with E-state index in [1.165, 1.54) is 51.4 Å². The summed E-state index contributed by atoms with van der Waals surface area (Å²) >= 11 is 0. The molecule has 0 N–H and O–H groups in total. The van der Waals surface area contributed by atoms with E-state index in [4.69, 9.17) is 0 Å². The van der Waals surface area contributed by atoms with Crippen molar-refractivity contribution in [2.75, 3.05) is 0 Å². The molecule has 114 valence electrons. The van der Waals surface area contributed by atoms with Crippen LogP contribution in [0.4, 0.5) is 0 Å². The van der Waals surface area contributed by atoms with Gasteiger partial charge in [-0.1, -0.05) is 51.4 Å². The molecule has 0 heterocycles. The minimum Gasteiger partial charge on any atom is -0.247 e. The summed E-state index contributed by atoms with van der Waals surface area (Å²) in [5, 5.41) is 0. The van der Waals surface area contributed by atoms with E-state index in [1.54, 1.807) is 0 Å². The summed E-state index contributed by atoms with van der Waals surface area (Å²) in [4.78, 5) is 32.1. The Labute approximate surface area is 121 Å². The first-order valence-electron chi connectivity index (χ1n) is 8.14. The molecule has 2 fully saturated rings. The molecule has 0 aromatic rings. The maximum Gasteiger partial charge on any atom is 0.355 e. The van der Waals surface area contributed by atoms with E-state index in [0.717, 1.165) is 12.8 Å². The Morgan fingerprint density at radius 1 is 0.700 bits per heavy atom. The van der Waals surface area contributed by atoms with Crippen molar-refractivity contribution in [1.82, 2.24) is 0 Å². The number of hydrogen-bond donors (Lipinski definition) is 0. The van der Waals surface area contributed by atoms with Crippen molar-refractivity contribution in [3.05, 3.63) is 0 Å². The van der Waals surface area contributed by atoms with E-state index < -0.39 is 11.9 Å². The molecule has 0 radical (unpaired) electrons. The zero-order valence-corrected chi connectivity index (χ0v) is 12.3. The van der Waals surface area contributed by atoms with Gasteiger partial charge < -0.3 is 0 Å². The second-order valence-corrected chi connectivity index (χ2v) is 6.29. The van der Waals surface area contributed by atoms with Gasteiger partial charge in [0, 0.05) is 0 Å². The number of carbonyl (C=O) groups is 2. The summed E-state index contributed by atoms with van der Waals surface area (Å²) in [7, 11) is 0. The molecule has 2 aliphatic carbocycles. The number of rotatable bonds is 6. The largest absolute Gasteiger partial charge is 0.355 e. The van der Waals surface area contributed by atoms with E-state index >= 15 is 0 Å². The van der Waals surface area contributed by atoms with E-state index in [0.29, 0.717) is 24.7 Å². The Bertz CT molecular complexity index is 282. The Hall–Kier alpha value is -1.06. The van der Waals surface area contributed by atoms with Crippen molar-refractivity contribution in [3.8, 4) is 0 Å². The second kappa shape index (κ2) is 8.28. The predicted octanol–water partition coefficient (Wildman–Crippen LogP) is 3.93. The topological polar surface area (TPSA) is 52.6 Å². The van der Waals surface area contributed by atoms with Gasteiger partial charge in [0.2, 0.25) is 0 Å². The van der Waals surface area contributed by atoms with Crippen molar-refractivity contribution in [2.24, 2.45) is 11.8 Å². The maximum atomic E-state index is 11.5. The van der Waals surface area contributed by atoms with E-state index in [-0.39, 0.29) is 0 Å². The van der Waals surface area contributed by atoms with Crippen LogP contribution >= 0.6 is 0 Å². The van der Waals surface area contributed by atoms with Crippen LogP contribution in [0.3, 0.4) is 0 Å². The fourth-order valence-corrected chi connectivity index (χ4v) is 3.42. The van der Waals surface area contributed by atoms with Crippen molar-refractivity contribution < 1.29 is 19.4 Å². The van der Waals surface area contributed by atoms with Gasteiger partial charge >= 0.3 is 11.9 Å². The first kappa shape index (κ1) is 15.3. The van der Waals surface area contributed by atoms with Crippen LogP contribution in [0.15, 0.2) is 0 Å². The summed E-state index contributed by atoms with van der Waals surface area (Å²) in [5.41, 5.74) is 0. The molecule has 0 unspecified atom stereocenters. The third-order valence-electron chi connectivity index (χ3n) is 4.69. The maximum absolute atomic E-state index is 11.5. The molecule has 2 saturated carbocycles. The van der Waals surface area contributed by atoms with Crippen LogP contribution < -0.4 is 0 Å². The quantitative estimate of drug-likeness (QED) is 0.547. The summed E-state index contributed by atoms with van der Waals surface area (Å²) in [6, 6.07) is 0. The zero-order chi connectivity index (χ0) is 14.2. The number of carbonyl (C=O) groups excluding carboxylic acids is 2. The van der Waals surface area contributed by atoms with E-state index in [2.05, 4.69) is 9.78 Å². The normalized spacial score (nSPS) is 20.2. The lowest BCUT2D eigenvalue weighted by molar-refractivity contribution is -0.259. The summed E-state index contributed by atoms with van der Waals surface area (Å²) in [6.07, 6.45) is 12.4. The lowest BCUT2D eigenvalue weighted by Gasteiger charge is -2.08. The first-order chi connectivity index (χ1) is 9.74. The highest BCUT2D eigenvalue weighted by atomic mass is 17.2. The van der Waals surface area contributed by atoms with Crippen LogP contribution in [0.25, 0.3) is 0 Å². The monoisotopic (exact) mass is 282 g/mol. The van der Waals surface area contributed by atoms with Crippen LogP contribution in [-0.4, -0.2) is 11.9 Å². The Morgan fingerprint density at radius 2 is 1.05 bits per heavy atom. The highest BCUT2D eigenvalue weighted by Crippen LogP contribution is 2.29. The van der Waals surface area contributed by atoms with Gasteiger partial charge in [0.05, 0.1) is 12.8 Å². The lowest BCUT2D eigenvalue weighted by Crippen LogP contribution is -2.13. The van der Waals surface area contributed by atoms with Crippen LogP contribution in [0.1, 0.15) is 77.0 Å². The molecule has 0 aromatic heterocycles. The fourth-order valence-electron chi connectivity index (χ4n) is 3.42. The molecule has 0 saturated heterocycles. The molecule has 0 atom stereocenters. The Morgan fingerprint density at radius 3 is 1.40 bits per heavy atom. The smallest absolute Gasteiger partial charge is 0.247 e. The molecule has 4 nitrogen and oxygen atoms in total. The second-order valence-electron chi connectivity index (χ2n) is 6.29. The van der Waals surface area contributed by atoms with Gasteiger partial charge in [0.25, 0.3) is 0 Å². The first-order valence-corrected chi connectivity index (χ1v) is 8.14. The number of hydrogen-bond acceptors (Lipinski definition) is 4. The predicted molar refractivity (Wildman–Crippen MR) is 74.6 cm³/mol. The van der Waals surface area contributed by atoms with E-state index in [1.807, 2.05) is 0 Å². The highest BCUT2D eigenvalue weighted by Gasteiger charge is 2.19. The molecular formula is C16H26O4. The summed E-state index contributed by atoms with van der Waals surface area (Å²) in [6.45, 7) is 0. The minimum atomic E-state index is -0.411. The standard InChI is InChI=1S/C16H26O4/c17-15(11-9-13-5-1-2-6-13)19-20-16(18)12-10-14-7-3-4-8-14/h13-14H,1-12H2. The van der Waals surface area contributed by atoms with Gasteiger partial charge in [-0.05, 0) is 24.7 Å². The van der Waals surface area contributed by atoms with Crippen LogP contribution in [0.5, 0.6) is 0 Å². The molecule has 4 heteroatoms. The Kier molecular flexibility index (Phi) is 6.34. The molecule has 0 bridgehead atoms. The van der Waals surface area contributed by atoms with Gasteiger partial charge in [0.1, 0.15) is 0 Å². The van der Waals surface area contributed by atoms with E-state index in [9.17, 15) is 9.59 Å². The Balaban J connectivity index is 1.49. The van der Waals surface area contributed by atoms with Crippen LogP contribution in [-0.2, 0) is 19.4 Å². The van der Waals surface area contributed by atoms with Crippen LogP contribution in [0, 0.1) is 11.8 Å². The molecule has 2 rings (SSSR count). The summed E-state index contributed by atoms with van der Waals surface area (Å²) in [5.74, 6) is 0.485. The lowest BCUT2D eigenvalue weighted by atomic mass is 10.0. The molecule has 2 aliphatic rings. The summed E-state index contributed by atoms with van der Waals surface area (Å²) < 4.78 is 0. The highest BCUT2D eigenvalue weighted by molar-refractivity contribution is 5.72. The van der Waals surface area contributed by atoms with Crippen molar-refractivity contribution >= 4 is 11.9 Å². The molecule has 0 aromatic carbocycles. The molecular weight excluding hydrogens is 256 g/mol. The average Bonchev–Trinajstić information content (AvgIpc) is 3.13. The van der Waals surface area contributed by atoms with Gasteiger partial charge in [0.15, 0.2) is 0 Å². The van der Waals surface area contributed by atoms with Crippen molar-refractivity contribution in [1.29, 1.82) is 0 Å². The third-order valence-corrected chi connectivity index (χ3v) is 4.69. The molecule has 20 heavy (non-hydrogen) atoms. The zero-order valence-electron chi connectivity index (χ0n) is 12.3. The van der Waals surface area contributed by atoms with Crippen LogP contribution in [0.2, 0.25) is 0 Å². The van der Waals surface area contributed by atoms with Crippen molar-refractivity contribution in [3.63, 3.8) is 0 Å². The third kappa shape index (κ3) is 5.51. The van der Waals surface area contributed by atoms with Gasteiger partial charge in [-0.3, -0.25) is 0 Å². The molecule has 0 aliphatic heterocycles. The van der Waals surface area contributed by atoms with Gasteiger partial charge in [-0.15, -0.1) is 0 Å². The SMILES string of the molecule is O=C(CCC1CCCC1)OOC(=O)CCC1CCCC1. The minimum absolute atomic E-state index is 0.362. The fraction of sp³-hybridized carbons (Fsp3) is 0.875. The molecule has 0 amide bonds. The van der Waals surface area contributed by atoms with Gasteiger partial charge in [-0.25, -0.2) is 19.4 Å². The molecule has 0 spiro atoms.